The Hall–Kier alpha value is -2.04. The van der Waals surface area contributed by atoms with Gasteiger partial charge in [-0.25, -0.2) is 4.79 Å². The lowest BCUT2D eigenvalue weighted by atomic mass is 9.69. The fraction of sp³-hybridized carbons (Fsp3) is 0.619. The van der Waals surface area contributed by atoms with E-state index in [1.54, 1.807) is 4.90 Å². The minimum absolute atomic E-state index is 0.112. The lowest BCUT2D eigenvalue weighted by Gasteiger charge is -2.42. The average Bonchev–Trinajstić information content (AvgIpc) is 2.86. The molecule has 2 heterocycles. The maximum Gasteiger partial charge on any atom is 0.410 e. The number of ether oxygens (including phenoxy) is 1. The van der Waals surface area contributed by atoms with E-state index in [-0.39, 0.29) is 17.9 Å². The molecule has 2 aliphatic rings. The lowest BCUT2D eigenvalue weighted by Crippen LogP contribution is -2.52. The molecule has 1 aromatic rings. The summed E-state index contributed by atoms with van der Waals surface area (Å²) in [6, 6.07) is 10.3. The van der Waals surface area contributed by atoms with Gasteiger partial charge in [-0.2, -0.15) is 0 Å². The molecule has 3 rings (SSSR count). The molecule has 0 aliphatic carbocycles. The minimum Gasteiger partial charge on any atom is -0.444 e. The molecule has 2 saturated heterocycles. The number of nitrogens with zero attached hydrogens (tertiary/aromatic N) is 2. The van der Waals surface area contributed by atoms with Crippen molar-refractivity contribution in [1.82, 2.24) is 9.80 Å². The second kappa shape index (κ2) is 6.93. The van der Waals surface area contributed by atoms with Crippen molar-refractivity contribution in [3.05, 3.63) is 35.9 Å². The van der Waals surface area contributed by atoms with E-state index < -0.39 is 11.0 Å². The van der Waals surface area contributed by atoms with Crippen LogP contribution in [0, 0.1) is 5.41 Å². The van der Waals surface area contributed by atoms with Crippen LogP contribution in [0.3, 0.4) is 0 Å². The van der Waals surface area contributed by atoms with Gasteiger partial charge >= 0.3 is 6.09 Å². The van der Waals surface area contributed by atoms with Crippen LogP contribution in [0.5, 0.6) is 0 Å². The molecule has 2 aliphatic heterocycles. The molecule has 0 aromatic heterocycles. The van der Waals surface area contributed by atoms with Gasteiger partial charge in [0.1, 0.15) is 5.60 Å². The van der Waals surface area contributed by atoms with Crippen LogP contribution in [-0.2, 0) is 9.53 Å². The number of amides is 2. The zero-order chi connectivity index (χ0) is 18.9. The van der Waals surface area contributed by atoms with Crippen molar-refractivity contribution in [3.8, 4) is 0 Å². The van der Waals surface area contributed by atoms with Gasteiger partial charge in [-0.3, -0.25) is 4.79 Å². The summed E-state index contributed by atoms with van der Waals surface area (Å²) < 4.78 is 5.57. The smallest absolute Gasteiger partial charge is 0.410 e. The summed E-state index contributed by atoms with van der Waals surface area (Å²) in [5.41, 5.74) is 0.116. The fourth-order valence-electron chi connectivity index (χ4n) is 4.35. The van der Waals surface area contributed by atoms with Crippen molar-refractivity contribution in [2.75, 3.05) is 26.2 Å². The van der Waals surface area contributed by atoms with Gasteiger partial charge in [0.25, 0.3) is 0 Å². The molecule has 2 unspecified atom stereocenters. The Bertz CT molecular complexity index is 668. The number of piperidine rings is 1. The first kappa shape index (κ1) is 18.7. The minimum atomic E-state index is -0.535. The van der Waals surface area contributed by atoms with Gasteiger partial charge < -0.3 is 14.5 Å². The summed E-state index contributed by atoms with van der Waals surface area (Å²) in [7, 11) is 0. The first-order valence-electron chi connectivity index (χ1n) is 9.59. The van der Waals surface area contributed by atoms with Gasteiger partial charge in [-0.1, -0.05) is 30.3 Å². The maximum atomic E-state index is 13.3. The zero-order valence-electron chi connectivity index (χ0n) is 16.3. The second-order valence-corrected chi connectivity index (χ2v) is 8.47. The van der Waals surface area contributed by atoms with Crippen LogP contribution < -0.4 is 0 Å². The number of rotatable bonds is 2. The summed E-state index contributed by atoms with van der Waals surface area (Å²) in [6.45, 7) is 10.2. The van der Waals surface area contributed by atoms with E-state index in [1.807, 2.05) is 50.8 Å². The first-order chi connectivity index (χ1) is 12.3. The van der Waals surface area contributed by atoms with Crippen LogP contribution in [0.2, 0.25) is 0 Å². The second-order valence-electron chi connectivity index (χ2n) is 8.47. The highest BCUT2D eigenvalue weighted by Crippen LogP contribution is 2.49. The number of hydrogen-bond donors (Lipinski definition) is 0. The number of carbonyl (C=O) groups excluding carboxylic acids is 2. The number of likely N-dealkylation sites (tertiary alicyclic amines) is 2. The van der Waals surface area contributed by atoms with Gasteiger partial charge in [0, 0.05) is 32.1 Å². The van der Waals surface area contributed by atoms with Crippen molar-refractivity contribution in [3.63, 3.8) is 0 Å². The molecule has 2 fully saturated rings. The molecule has 5 heteroatoms. The van der Waals surface area contributed by atoms with E-state index in [2.05, 4.69) is 12.1 Å². The maximum absolute atomic E-state index is 13.3. The highest BCUT2D eigenvalue weighted by Gasteiger charge is 2.56. The molecular weight excluding hydrogens is 328 g/mol. The van der Waals surface area contributed by atoms with Crippen LogP contribution in [0.15, 0.2) is 30.3 Å². The third-order valence-electron chi connectivity index (χ3n) is 5.54. The highest BCUT2D eigenvalue weighted by molar-refractivity contribution is 5.87. The van der Waals surface area contributed by atoms with E-state index in [0.717, 1.165) is 19.4 Å². The monoisotopic (exact) mass is 358 g/mol. The normalized spacial score (nSPS) is 26.5. The molecular formula is C21H30N2O3. The quantitative estimate of drug-likeness (QED) is 0.811. The lowest BCUT2D eigenvalue weighted by molar-refractivity contribution is -0.138. The van der Waals surface area contributed by atoms with Gasteiger partial charge in [0.15, 0.2) is 0 Å². The Balaban J connectivity index is 1.91. The molecule has 2 atom stereocenters. The van der Waals surface area contributed by atoms with Crippen LogP contribution >= 0.6 is 0 Å². The Morgan fingerprint density at radius 3 is 2.58 bits per heavy atom. The summed E-state index contributed by atoms with van der Waals surface area (Å²) in [5.74, 6) is 0.295. The predicted octanol–water partition coefficient (Wildman–Crippen LogP) is 3.65. The van der Waals surface area contributed by atoms with Crippen molar-refractivity contribution in [1.29, 1.82) is 0 Å². The Labute approximate surface area is 156 Å². The van der Waals surface area contributed by atoms with Gasteiger partial charge in [0.05, 0.1) is 5.41 Å². The number of likely N-dealkylation sites (N-methyl/N-ethyl adjacent to an activating group) is 1. The zero-order valence-corrected chi connectivity index (χ0v) is 16.3. The molecule has 0 saturated carbocycles. The Morgan fingerprint density at radius 2 is 1.96 bits per heavy atom. The van der Waals surface area contributed by atoms with Gasteiger partial charge in [-0.05, 0) is 46.1 Å². The van der Waals surface area contributed by atoms with E-state index in [0.29, 0.717) is 19.6 Å². The summed E-state index contributed by atoms with van der Waals surface area (Å²) in [6.07, 6.45) is 1.33. The van der Waals surface area contributed by atoms with E-state index in [4.69, 9.17) is 4.74 Å². The molecule has 1 aromatic carbocycles. The largest absolute Gasteiger partial charge is 0.444 e. The molecule has 26 heavy (non-hydrogen) atoms. The summed E-state index contributed by atoms with van der Waals surface area (Å²) in [4.78, 5) is 29.6. The van der Waals surface area contributed by atoms with Crippen molar-refractivity contribution >= 4 is 12.0 Å². The van der Waals surface area contributed by atoms with Crippen LogP contribution in [0.1, 0.15) is 52.0 Å². The van der Waals surface area contributed by atoms with E-state index in [1.165, 1.54) is 5.56 Å². The SMILES string of the molecule is CCN1CC(c2ccccc2)C2(CCCN(C(=O)OC(C)(C)C)C2)C1=O. The van der Waals surface area contributed by atoms with Crippen molar-refractivity contribution < 1.29 is 14.3 Å². The topological polar surface area (TPSA) is 49.9 Å². The van der Waals surface area contributed by atoms with Crippen LogP contribution in [0.25, 0.3) is 0 Å². The van der Waals surface area contributed by atoms with Crippen molar-refractivity contribution in [2.45, 2.75) is 52.1 Å². The highest BCUT2D eigenvalue weighted by atomic mass is 16.6. The molecule has 0 radical (unpaired) electrons. The van der Waals surface area contributed by atoms with E-state index >= 15 is 0 Å². The Morgan fingerprint density at radius 1 is 1.27 bits per heavy atom. The molecule has 0 N–H and O–H groups in total. The number of benzene rings is 1. The number of hydrogen-bond acceptors (Lipinski definition) is 3. The van der Waals surface area contributed by atoms with Crippen molar-refractivity contribution in [2.24, 2.45) is 5.41 Å². The third kappa shape index (κ3) is 3.44. The third-order valence-corrected chi connectivity index (χ3v) is 5.54. The molecule has 5 nitrogen and oxygen atoms in total. The standard InChI is InChI=1S/C21H30N2O3/c1-5-22-14-17(16-10-7-6-8-11-16)21(18(22)24)12-9-13-23(15-21)19(25)26-20(2,3)4/h6-8,10-11,17H,5,9,12-15H2,1-4H3. The fourth-order valence-corrected chi connectivity index (χ4v) is 4.35. The molecule has 142 valence electrons. The predicted molar refractivity (Wildman–Crippen MR) is 101 cm³/mol. The average molecular weight is 358 g/mol. The molecule has 2 amide bonds. The van der Waals surface area contributed by atoms with Crippen LogP contribution in [0.4, 0.5) is 4.79 Å². The summed E-state index contributed by atoms with van der Waals surface area (Å²) in [5, 5.41) is 0. The Kier molecular flexibility index (Phi) is 5.00. The van der Waals surface area contributed by atoms with Gasteiger partial charge in [-0.15, -0.1) is 0 Å². The van der Waals surface area contributed by atoms with E-state index in [9.17, 15) is 9.59 Å². The first-order valence-corrected chi connectivity index (χ1v) is 9.59. The molecule has 0 bridgehead atoms. The van der Waals surface area contributed by atoms with Crippen LogP contribution in [-0.4, -0.2) is 53.6 Å². The molecule has 1 spiro atoms. The van der Waals surface area contributed by atoms with Gasteiger partial charge in [0.2, 0.25) is 5.91 Å². The summed E-state index contributed by atoms with van der Waals surface area (Å²) >= 11 is 0. The number of carbonyl (C=O) groups is 2.